The van der Waals surface area contributed by atoms with Gasteiger partial charge in [-0.15, -0.1) is 0 Å². The van der Waals surface area contributed by atoms with Crippen molar-refractivity contribution in [3.63, 3.8) is 0 Å². The third-order valence-electron chi connectivity index (χ3n) is 12.6. The van der Waals surface area contributed by atoms with E-state index in [1.165, 1.54) is 0 Å². The summed E-state index contributed by atoms with van der Waals surface area (Å²) in [5, 5.41) is 34.8. The normalized spacial score (nSPS) is 23.0. The molecule has 0 bridgehead atoms. The lowest BCUT2D eigenvalue weighted by Crippen LogP contribution is -2.61. The zero-order valence-electron chi connectivity index (χ0n) is 45.2. The Kier molecular flexibility index (Phi) is 30.9. The van der Waals surface area contributed by atoms with E-state index in [0.29, 0.717) is 17.9 Å². The first-order valence-electron chi connectivity index (χ1n) is 26.8. The number of hydrogen-bond donors (Lipinski definition) is 14. The van der Waals surface area contributed by atoms with E-state index in [-0.39, 0.29) is 102 Å². The number of hydrogen-bond acceptors (Lipinski definition) is 14. The Bertz CT molecular complexity index is 1960. The highest BCUT2D eigenvalue weighted by Crippen LogP contribution is 2.14. The van der Waals surface area contributed by atoms with Gasteiger partial charge in [-0.3, -0.25) is 43.2 Å². The molecule has 1 aromatic rings. The van der Waals surface area contributed by atoms with Crippen LogP contribution in [0.25, 0.3) is 0 Å². The summed E-state index contributed by atoms with van der Waals surface area (Å²) in [4.78, 5) is 126. The lowest BCUT2D eigenvalue weighted by atomic mass is 10.00. The predicted octanol–water partition coefficient (Wildman–Crippen LogP) is -1.53. The number of carbonyl (C=O) groups excluding carboxylic acids is 9. The van der Waals surface area contributed by atoms with Crippen molar-refractivity contribution in [3.05, 3.63) is 35.9 Å². The molecule has 1 aliphatic heterocycles. The van der Waals surface area contributed by atoms with E-state index >= 15 is 0 Å². The first-order valence-corrected chi connectivity index (χ1v) is 26.8. The van der Waals surface area contributed by atoms with Crippen LogP contribution in [0.1, 0.15) is 131 Å². The van der Waals surface area contributed by atoms with Gasteiger partial charge in [0, 0.05) is 13.0 Å². The molecule has 2 rings (SSSR count). The zero-order chi connectivity index (χ0) is 56.0. The molecule has 4 unspecified atom stereocenters. The van der Waals surface area contributed by atoms with Gasteiger partial charge in [0.05, 0.1) is 12.5 Å². The fraction of sp³-hybridized carbons (Fsp3) is 0.712. The van der Waals surface area contributed by atoms with Crippen LogP contribution in [-0.4, -0.2) is 145 Å². The number of benzene rings is 1. The molecule has 23 heteroatoms. The number of carbonyl (C=O) groups is 9. The van der Waals surface area contributed by atoms with Gasteiger partial charge >= 0.3 is 0 Å². The number of amides is 9. The Hall–Kier alpha value is -5.75. The van der Waals surface area contributed by atoms with Crippen LogP contribution in [0.15, 0.2) is 30.3 Å². The van der Waals surface area contributed by atoms with Gasteiger partial charge in [-0.2, -0.15) is 0 Å². The Morgan fingerprint density at radius 2 is 1.01 bits per heavy atom. The van der Waals surface area contributed by atoms with Crippen LogP contribution >= 0.6 is 0 Å². The van der Waals surface area contributed by atoms with Crippen LogP contribution in [0, 0.1) is 17.8 Å². The van der Waals surface area contributed by atoms with Crippen molar-refractivity contribution < 1.29 is 48.3 Å². The van der Waals surface area contributed by atoms with Crippen molar-refractivity contribution in [2.24, 2.45) is 40.7 Å². The maximum absolute atomic E-state index is 14.4. The second-order valence-corrected chi connectivity index (χ2v) is 20.8. The van der Waals surface area contributed by atoms with Crippen LogP contribution in [0.3, 0.4) is 0 Å². The first kappa shape index (κ1) is 65.4. The van der Waals surface area contributed by atoms with Gasteiger partial charge in [-0.25, -0.2) is 0 Å². The standard InChI is InChI=1S/C52H91N13O10/c1-31(2)13-9-7-12-16-35(66)30-44(67)58-36(17-22-53)46(69)62-40-21-26-57-45(68)41(27-32(3)4)63-48(71)38(19-24-55)59-47(70)37(18-23-54)61-52(75)43(29-34-14-10-8-11-15-34)65-51(74)42(28-33(5)6)64-49(72)39(20-25-56)60-50(40)73/h8,10-11,14-15,31-33,35-43,66H,7,9,12-13,16-30,53-56H2,1-6H3,(H,57,68)(H,58,67)(H,59,70)(H,60,73)(H,61,75)(H,62,69)(H,63,71)(H,64,72)(H,65,74)/t35?,36-,37+,38+,39?,40?,41?,42-,43+/m1/s1. The maximum Gasteiger partial charge on any atom is 0.243 e. The highest BCUT2D eigenvalue weighted by Gasteiger charge is 2.35. The van der Waals surface area contributed by atoms with Crippen molar-refractivity contribution in [3.8, 4) is 0 Å². The molecule has 0 saturated carbocycles. The molecule has 18 N–H and O–H groups in total. The van der Waals surface area contributed by atoms with E-state index in [1.807, 2.05) is 27.7 Å². The molecule has 0 radical (unpaired) electrons. The summed E-state index contributed by atoms with van der Waals surface area (Å²) in [5.74, 6) is -6.53. The lowest BCUT2D eigenvalue weighted by molar-refractivity contribution is -0.136. The summed E-state index contributed by atoms with van der Waals surface area (Å²) in [6, 6.07) is -1.55. The first-order chi connectivity index (χ1) is 35.6. The van der Waals surface area contributed by atoms with Gasteiger partial charge in [0.25, 0.3) is 0 Å². The number of nitrogens with one attached hydrogen (secondary N) is 9. The highest BCUT2D eigenvalue weighted by molar-refractivity contribution is 5.98. The molecule has 75 heavy (non-hydrogen) atoms. The number of aliphatic hydroxyl groups excluding tert-OH is 1. The fourth-order valence-corrected chi connectivity index (χ4v) is 8.52. The molecule has 9 atom stereocenters. The topological polar surface area (TPSA) is 386 Å². The molecule has 424 valence electrons. The minimum atomic E-state index is -1.46. The fourth-order valence-electron chi connectivity index (χ4n) is 8.52. The summed E-state index contributed by atoms with van der Waals surface area (Å²) >= 11 is 0. The quantitative estimate of drug-likeness (QED) is 0.0495. The Balaban J connectivity index is 2.65. The lowest BCUT2D eigenvalue weighted by Gasteiger charge is -2.28. The molecule has 9 amide bonds. The highest BCUT2D eigenvalue weighted by atomic mass is 16.3. The summed E-state index contributed by atoms with van der Waals surface area (Å²) in [6.45, 7) is 11.1. The van der Waals surface area contributed by atoms with Gasteiger partial charge < -0.3 is 75.9 Å². The predicted molar refractivity (Wildman–Crippen MR) is 285 cm³/mol. The van der Waals surface area contributed by atoms with E-state index in [2.05, 4.69) is 61.7 Å². The average molecular weight is 1060 g/mol. The number of nitrogens with two attached hydrogens (primary N) is 4. The molecule has 1 heterocycles. The number of rotatable bonds is 25. The van der Waals surface area contributed by atoms with Crippen LogP contribution in [0.5, 0.6) is 0 Å². The Morgan fingerprint density at radius 3 is 1.51 bits per heavy atom. The molecule has 1 aromatic carbocycles. The van der Waals surface area contributed by atoms with Gasteiger partial charge in [-0.1, -0.05) is 97.6 Å². The van der Waals surface area contributed by atoms with Crippen LogP contribution < -0.4 is 70.8 Å². The van der Waals surface area contributed by atoms with Gasteiger partial charge in [-0.05, 0) is 101 Å². The number of aliphatic hydroxyl groups is 1. The average Bonchev–Trinajstić information content (AvgIpc) is 3.34. The monoisotopic (exact) mass is 1060 g/mol. The Morgan fingerprint density at radius 1 is 0.560 bits per heavy atom. The summed E-state index contributed by atoms with van der Waals surface area (Å²) in [5.41, 5.74) is 24.3. The molecule has 1 saturated heterocycles. The molecule has 1 aliphatic rings. The van der Waals surface area contributed by atoms with Crippen molar-refractivity contribution >= 4 is 53.2 Å². The third kappa shape index (κ3) is 25.6. The van der Waals surface area contributed by atoms with Crippen LogP contribution in [0.2, 0.25) is 0 Å². The minimum absolute atomic E-state index is 0.0371. The van der Waals surface area contributed by atoms with Crippen LogP contribution in [-0.2, 0) is 49.6 Å². The smallest absolute Gasteiger partial charge is 0.243 e. The second kappa shape index (κ2) is 35.5. The van der Waals surface area contributed by atoms with Crippen molar-refractivity contribution in [1.29, 1.82) is 0 Å². The van der Waals surface area contributed by atoms with Crippen molar-refractivity contribution in [2.75, 3.05) is 32.7 Å². The third-order valence-corrected chi connectivity index (χ3v) is 12.6. The van der Waals surface area contributed by atoms with E-state index in [1.54, 1.807) is 30.3 Å². The molecular formula is C52H91N13O10. The van der Waals surface area contributed by atoms with E-state index in [9.17, 15) is 48.3 Å². The maximum atomic E-state index is 14.4. The number of unbranched alkanes of at least 4 members (excludes halogenated alkanes) is 2. The van der Waals surface area contributed by atoms with Gasteiger partial charge in [0.1, 0.15) is 48.3 Å². The summed E-state index contributed by atoms with van der Waals surface area (Å²) in [7, 11) is 0. The van der Waals surface area contributed by atoms with E-state index < -0.39 is 108 Å². The zero-order valence-corrected chi connectivity index (χ0v) is 45.2. The molecule has 0 aromatic heterocycles. The SMILES string of the molecule is CC(C)CCCCCC(O)CC(=O)N[C@H](CCN)C(=O)NC1CCNC(=O)C(CC(C)C)NC(=O)[C@H](CCN)NC(=O)[C@H](CCN)NC(=O)[C@H](Cc2ccccc2)NC(=O)[C@@H](CC(C)C)NC(=O)C(CCN)NC1=O. The van der Waals surface area contributed by atoms with E-state index in [0.717, 1.165) is 25.7 Å². The molecular weight excluding hydrogens is 967 g/mol. The molecule has 23 nitrogen and oxygen atoms in total. The second-order valence-electron chi connectivity index (χ2n) is 20.8. The van der Waals surface area contributed by atoms with Gasteiger partial charge in [0.2, 0.25) is 53.2 Å². The molecule has 0 spiro atoms. The van der Waals surface area contributed by atoms with Crippen molar-refractivity contribution in [2.45, 2.75) is 186 Å². The van der Waals surface area contributed by atoms with E-state index in [4.69, 9.17) is 22.9 Å². The summed E-state index contributed by atoms with van der Waals surface area (Å²) in [6.07, 6.45) is 2.47. The van der Waals surface area contributed by atoms with Crippen LogP contribution in [0.4, 0.5) is 0 Å². The minimum Gasteiger partial charge on any atom is -0.393 e. The Labute approximate surface area is 443 Å². The molecule has 0 aliphatic carbocycles. The van der Waals surface area contributed by atoms with Gasteiger partial charge in [0.15, 0.2) is 0 Å². The summed E-state index contributed by atoms with van der Waals surface area (Å²) < 4.78 is 0. The van der Waals surface area contributed by atoms with Crippen molar-refractivity contribution in [1.82, 2.24) is 47.9 Å². The molecule has 1 fully saturated rings. The largest absolute Gasteiger partial charge is 0.393 e.